The van der Waals surface area contributed by atoms with Gasteiger partial charge >= 0.3 is 0 Å². The number of aliphatic hydroxyl groups excluding tert-OH is 1. The molecule has 3 unspecified atom stereocenters. The van der Waals surface area contributed by atoms with Gasteiger partial charge in [-0.25, -0.2) is 0 Å². The van der Waals surface area contributed by atoms with E-state index in [2.05, 4.69) is 27.7 Å². The van der Waals surface area contributed by atoms with E-state index in [9.17, 15) is 10.2 Å². The van der Waals surface area contributed by atoms with Crippen LogP contribution >= 0.6 is 0 Å². The van der Waals surface area contributed by atoms with Crippen molar-refractivity contribution in [1.29, 1.82) is 0 Å². The maximum Gasteiger partial charge on any atom is 0.0622 e. The van der Waals surface area contributed by atoms with Crippen LogP contribution in [0.2, 0.25) is 0 Å². The van der Waals surface area contributed by atoms with Crippen molar-refractivity contribution < 1.29 is 10.2 Å². The molecule has 0 aromatic heterocycles. The van der Waals surface area contributed by atoms with E-state index in [-0.39, 0.29) is 6.10 Å². The molecule has 4 fully saturated rings. The highest BCUT2D eigenvalue weighted by molar-refractivity contribution is 5.10. The number of hydrogen-bond acceptors (Lipinski definition) is 2. The first-order valence-corrected chi connectivity index (χ1v) is 12.6. The minimum atomic E-state index is -0.415. The molecule has 0 radical (unpaired) electrons. The van der Waals surface area contributed by atoms with Gasteiger partial charge in [0, 0.05) is 0 Å². The predicted octanol–water partition coefficient (Wildman–Crippen LogP) is 6.34. The van der Waals surface area contributed by atoms with Crippen LogP contribution in [0.5, 0.6) is 0 Å². The molecule has 2 nitrogen and oxygen atoms in total. The number of hydrogen-bond donors (Lipinski definition) is 2. The van der Waals surface area contributed by atoms with E-state index in [4.69, 9.17) is 0 Å². The molecule has 2 heteroatoms. The Bertz CT molecular complexity index is 557. The van der Waals surface area contributed by atoms with Crippen molar-refractivity contribution in [2.45, 2.75) is 123 Å². The van der Waals surface area contributed by atoms with E-state index >= 15 is 0 Å². The molecule has 4 saturated carbocycles. The summed E-state index contributed by atoms with van der Waals surface area (Å²) in [6.07, 6.45) is 16.2. The zero-order valence-corrected chi connectivity index (χ0v) is 19.1. The molecule has 0 saturated heterocycles. The third kappa shape index (κ3) is 3.49. The van der Waals surface area contributed by atoms with E-state index in [0.29, 0.717) is 10.8 Å². The zero-order valence-electron chi connectivity index (χ0n) is 19.1. The van der Waals surface area contributed by atoms with E-state index in [1.807, 2.05) is 0 Å². The van der Waals surface area contributed by atoms with Crippen molar-refractivity contribution in [2.24, 2.45) is 40.4 Å². The van der Waals surface area contributed by atoms with Crippen LogP contribution < -0.4 is 0 Å². The molecule has 0 bridgehead atoms. The second kappa shape index (κ2) is 7.56. The molecule has 4 aliphatic rings. The van der Waals surface area contributed by atoms with Gasteiger partial charge in [0.05, 0.1) is 11.7 Å². The molecule has 0 aliphatic heterocycles. The van der Waals surface area contributed by atoms with Crippen molar-refractivity contribution in [3.63, 3.8) is 0 Å². The van der Waals surface area contributed by atoms with Crippen LogP contribution in [-0.2, 0) is 0 Å². The van der Waals surface area contributed by atoms with Crippen LogP contribution in [-0.4, -0.2) is 21.9 Å². The summed E-state index contributed by atoms with van der Waals surface area (Å²) in [6, 6.07) is 0. The lowest BCUT2D eigenvalue weighted by Crippen LogP contribution is -2.55. The van der Waals surface area contributed by atoms with Gasteiger partial charge in [0.2, 0.25) is 0 Å². The van der Waals surface area contributed by atoms with Crippen LogP contribution in [0.25, 0.3) is 0 Å². The van der Waals surface area contributed by atoms with Gasteiger partial charge in [0.15, 0.2) is 0 Å². The third-order valence-electron chi connectivity index (χ3n) is 10.7. The van der Waals surface area contributed by atoms with Crippen LogP contribution in [0, 0.1) is 40.4 Å². The fraction of sp³-hybridized carbons (Fsp3) is 1.00. The second-order valence-electron chi connectivity index (χ2n) is 12.2. The first-order chi connectivity index (χ1) is 13.2. The molecule has 0 heterocycles. The fourth-order valence-corrected chi connectivity index (χ4v) is 8.82. The van der Waals surface area contributed by atoms with Crippen molar-refractivity contribution in [3.05, 3.63) is 0 Å². The molecule has 0 amide bonds. The molecule has 4 aliphatic carbocycles. The highest BCUT2D eigenvalue weighted by Crippen LogP contribution is 2.68. The quantitative estimate of drug-likeness (QED) is 0.575. The topological polar surface area (TPSA) is 40.5 Å². The summed E-state index contributed by atoms with van der Waals surface area (Å²) >= 11 is 0. The Morgan fingerprint density at radius 1 is 0.893 bits per heavy atom. The predicted molar refractivity (Wildman–Crippen MR) is 116 cm³/mol. The molecule has 4 rings (SSSR count). The molecule has 0 spiro atoms. The standard InChI is InChI=1S/C26H46O2/c1-5-20(27)8-6-7-18-10-12-22-21-11-9-19-17-24(2,28)15-16-26(19,4)23(21)13-14-25(18,22)3/h18-23,27-28H,5-17H2,1-4H3/t18-,19?,20-,21-,22?,23?,24-,25+,26-/m0/s1. The van der Waals surface area contributed by atoms with Crippen molar-refractivity contribution >= 4 is 0 Å². The second-order valence-corrected chi connectivity index (χ2v) is 12.2. The average molecular weight is 391 g/mol. The molecule has 0 aromatic carbocycles. The first-order valence-electron chi connectivity index (χ1n) is 12.6. The molecule has 2 N–H and O–H groups in total. The molecular weight excluding hydrogens is 344 g/mol. The summed E-state index contributed by atoms with van der Waals surface area (Å²) in [5.41, 5.74) is 0.624. The van der Waals surface area contributed by atoms with E-state index < -0.39 is 5.60 Å². The fourth-order valence-electron chi connectivity index (χ4n) is 8.82. The molecule has 9 atom stereocenters. The highest BCUT2D eigenvalue weighted by Gasteiger charge is 2.60. The summed E-state index contributed by atoms with van der Waals surface area (Å²) in [5, 5.41) is 20.6. The lowest BCUT2D eigenvalue weighted by Gasteiger charge is -2.62. The third-order valence-corrected chi connectivity index (χ3v) is 10.7. The Labute approximate surface area is 173 Å². The van der Waals surface area contributed by atoms with E-state index in [0.717, 1.165) is 55.3 Å². The summed E-state index contributed by atoms with van der Waals surface area (Å²) < 4.78 is 0. The zero-order chi connectivity index (χ0) is 20.2. The van der Waals surface area contributed by atoms with E-state index in [1.165, 1.54) is 57.8 Å². The van der Waals surface area contributed by atoms with Gasteiger partial charge in [-0.1, -0.05) is 27.2 Å². The molecular formula is C26H46O2. The van der Waals surface area contributed by atoms with Crippen LogP contribution in [0.15, 0.2) is 0 Å². The molecule has 162 valence electrons. The summed E-state index contributed by atoms with van der Waals surface area (Å²) in [5.74, 6) is 4.41. The monoisotopic (exact) mass is 390 g/mol. The highest BCUT2D eigenvalue weighted by atomic mass is 16.3. The molecule has 0 aromatic rings. The Hall–Kier alpha value is -0.0800. The van der Waals surface area contributed by atoms with Crippen LogP contribution in [0.3, 0.4) is 0 Å². The first kappa shape index (κ1) is 21.2. The Balaban J connectivity index is 1.45. The summed E-state index contributed by atoms with van der Waals surface area (Å²) in [4.78, 5) is 0. The van der Waals surface area contributed by atoms with Crippen molar-refractivity contribution in [3.8, 4) is 0 Å². The van der Waals surface area contributed by atoms with Crippen LogP contribution in [0.4, 0.5) is 0 Å². The van der Waals surface area contributed by atoms with Crippen LogP contribution in [0.1, 0.15) is 111 Å². The summed E-state index contributed by atoms with van der Waals surface area (Å²) in [6.45, 7) is 9.42. The minimum Gasteiger partial charge on any atom is -0.393 e. The van der Waals surface area contributed by atoms with Gasteiger partial charge < -0.3 is 10.2 Å². The smallest absolute Gasteiger partial charge is 0.0622 e. The van der Waals surface area contributed by atoms with Gasteiger partial charge in [-0.3, -0.25) is 0 Å². The normalized spacial score (nSPS) is 51.9. The minimum absolute atomic E-state index is 0.0838. The Kier molecular flexibility index (Phi) is 5.71. The summed E-state index contributed by atoms with van der Waals surface area (Å²) in [7, 11) is 0. The maximum atomic E-state index is 10.7. The average Bonchev–Trinajstić information content (AvgIpc) is 2.98. The van der Waals surface area contributed by atoms with Crippen molar-refractivity contribution in [1.82, 2.24) is 0 Å². The van der Waals surface area contributed by atoms with E-state index in [1.54, 1.807) is 0 Å². The number of fused-ring (bicyclic) bond motifs is 5. The Morgan fingerprint density at radius 3 is 2.39 bits per heavy atom. The lowest BCUT2D eigenvalue weighted by molar-refractivity contribution is -0.146. The van der Waals surface area contributed by atoms with Gasteiger partial charge in [0.1, 0.15) is 0 Å². The van der Waals surface area contributed by atoms with Gasteiger partial charge in [-0.05, 0) is 124 Å². The number of aliphatic hydroxyl groups is 2. The van der Waals surface area contributed by atoms with Gasteiger partial charge in [-0.2, -0.15) is 0 Å². The largest absolute Gasteiger partial charge is 0.393 e. The van der Waals surface area contributed by atoms with Gasteiger partial charge in [0.25, 0.3) is 0 Å². The Morgan fingerprint density at radius 2 is 1.64 bits per heavy atom. The maximum absolute atomic E-state index is 10.7. The number of rotatable bonds is 5. The SMILES string of the molecule is CC[C@H](O)CCC[C@H]1CCC2[C@@H]3CCC4C[C@@](C)(O)CC[C@]4(C)C3CC[C@@]21C. The van der Waals surface area contributed by atoms with Gasteiger partial charge in [-0.15, -0.1) is 0 Å². The van der Waals surface area contributed by atoms with Crippen molar-refractivity contribution in [2.75, 3.05) is 0 Å². The lowest BCUT2D eigenvalue weighted by atomic mass is 9.44. The molecule has 28 heavy (non-hydrogen) atoms.